The first-order valence-corrected chi connectivity index (χ1v) is 6.76. The van der Waals surface area contributed by atoms with Crippen LogP contribution in [0.25, 0.3) is 0 Å². The van der Waals surface area contributed by atoms with E-state index in [0.29, 0.717) is 12.0 Å². The maximum absolute atomic E-state index is 9.81. The van der Waals surface area contributed by atoms with Gasteiger partial charge in [-0.05, 0) is 43.5 Å². The molecule has 1 aliphatic rings. The summed E-state index contributed by atoms with van der Waals surface area (Å²) in [4.78, 5) is 2.31. The van der Waals surface area contributed by atoms with Gasteiger partial charge in [-0.15, -0.1) is 0 Å². The number of hydrogen-bond donors (Lipinski definition) is 2. The van der Waals surface area contributed by atoms with Crippen molar-refractivity contribution >= 4 is 0 Å². The molecule has 0 aromatic heterocycles. The average Bonchev–Trinajstić information content (AvgIpc) is 2.38. The van der Waals surface area contributed by atoms with Crippen molar-refractivity contribution < 1.29 is 10.2 Å². The highest BCUT2D eigenvalue weighted by Gasteiger charge is 2.28. The summed E-state index contributed by atoms with van der Waals surface area (Å²) in [5.74, 6) is 6.84. The van der Waals surface area contributed by atoms with Gasteiger partial charge in [-0.1, -0.05) is 18.8 Å². The first-order chi connectivity index (χ1) is 9.06. The van der Waals surface area contributed by atoms with Crippen LogP contribution < -0.4 is 0 Å². The molecule has 1 aliphatic heterocycles. The van der Waals surface area contributed by atoms with E-state index in [1.807, 2.05) is 12.1 Å². The van der Waals surface area contributed by atoms with Crippen LogP contribution in [0.2, 0.25) is 0 Å². The molecule has 1 heterocycles. The Hall–Kier alpha value is -1.50. The number of aliphatic hydroxyl groups is 1. The van der Waals surface area contributed by atoms with Crippen LogP contribution >= 0.6 is 0 Å². The maximum atomic E-state index is 9.81. The van der Waals surface area contributed by atoms with Crippen LogP contribution in [0.5, 0.6) is 5.75 Å². The lowest BCUT2D eigenvalue weighted by molar-refractivity contribution is 0.0118. The maximum Gasteiger partial charge on any atom is 0.115 e. The van der Waals surface area contributed by atoms with Crippen LogP contribution in [0.15, 0.2) is 24.3 Å². The molecule has 3 nitrogen and oxygen atoms in total. The molecule has 19 heavy (non-hydrogen) atoms. The quantitative estimate of drug-likeness (QED) is 0.756. The Morgan fingerprint density at radius 3 is 2.63 bits per heavy atom. The highest BCUT2D eigenvalue weighted by Crippen LogP contribution is 2.21. The molecule has 2 rings (SSSR count). The summed E-state index contributed by atoms with van der Waals surface area (Å²) in [6.07, 6.45) is 0.638. The molecule has 0 saturated carbocycles. The van der Waals surface area contributed by atoms with E-state index in [2.05, 4.69) is 30.6 Å². The number of phenolic OH excluding ortho intramolecular Hbond substituents is 1. The fourth-order valence-electron chi connectivity index (χ4n) is 2.41. The molecular weight excluding hydrogens is 238 g/mol. The Morgan fingerprint density at radius 2 is 1.95 bits per heavy atom. The van der Waals surface area contributed by atoms with Gasteiger partial charge in [0.05, 0.1) is 12.6 Å². The van der Waals surface area contributed by atoms with Crippen LogP contribution in [0.1, 0.15) is 25.8 Å². The highest BCUT2D eigenvalue weighted by molar-refractivity contribution is 5.37. The van der Waals surface area contributed by atoms with Gasteiger partial charge in [-0.3, -0.25) is 4.90 Å². The molecule has 0 bridgehead atoms. The minimum Gasteiger partial charge on any atom is -0.508 e. The molecule has 2 N–H and O–H groups in total. The summed E-state index contributed by atoms with van der Waals surface area (Å²) in [7, 11) is 0. The number of rotatable bonds is 1. The number of aromatic hydroxyl groups is 1. The summed E-state index contributed by atoms with van der Waals surface area (Å²) in [5, 5.41) is 19.0. The lowest BCUT2D eigenvalue weighted by Crippen LogP contribution is -2.47. The van der Waals surface area contributed by atoms with Crippen molar-refractivity contribution in [3.63, 3.8) is 0 Å². The van der Waals surface area contributed by atoms with Crippen molar-refractivity contribution in [1.82, 2.24) is 4.90 Å². The average molecular weight is 259 g/mol. The molecule has 0 spiro atoms. The molecule has 3 heteroatoms. The molecule has 1 aromatic rings. The number of aliphatic hydroxyl groups excluding tert-OH is 1. The minimum absolute atomic E-state index is 0.184. The molecule has 1 saturated heterocycles. The third kappa shape index (κ3) is 3.73. The Kier molecular flexibility index (Phi) is 4.47. The molecule has 3 unspecified atom stereocenters. The second-order valence-electron chi connectivity index (χ2n) is 5.41. The van der Waals surface area contributed by atoms with Gasteiger partial charge >= 0.3 is 0 Å². The molecule has 1 fully saturated rings. The van der Waals surface area contributed by atoms with E-state index in [9.17, 15) is 10.2 Å². The lowest BCUT2D eigenvalue weighted by Gasteiger charge is -2.38. The van der Waals surface area contributed by atoms with Gasteiger partial charge in [0.25, 0.3) is 0 Å². The molecule has 0 amide bonds. The molecule has 1 aromatic carbocycles. The highest BCUT2D eigenvalue weighted by atomic mass is 16.3. The number of piperidine rings is 1. The van der Waals surface area contributed by atoms with Crippen molar-refractivity contribution in [2.45, 2.75) is 32.4 Å². The number of nitrogens with zero attached hydrogens (tertiary/aromatic N) is 1. The standard InChI is InChI=1S/C16H21NO2/c1-12-11-17(13(2)10-16(12)19)9-3-4-14-5-7-15(18)8-6-14/h5-8,12-13,16,18-19H,9-11H2,1-2H3. The fraction of sp³-hybridized carbons (Fsp3) is 0.500. The fourth-order valence-corrected chi connectivity index (χ4v) is 2.41. The van der Waals surface area contributed by atoms with Gasteiger partial charge in [0, 0.05) is 18.2 Å². The Morgan fingerprint density at radius 1 is 1.26 bits per heavy atom. The van der Waals surface area contributed by atoms with Gasteiger partial charge in [0.15, 0.2) is 0 Å². The van der Waals surface area contributed by atoms with Crippen molar-refractivity contribution in [3.05, 3.63) is 29.8 Å². The van der Waals surface area contributed by atoms with E-state index < -0.39 is 0 Å². The van der Waals surface area contributed by atoms with E-state index in [4.69, 9.17) is 0 Å². The number of hydrogen-bond acceptors (Lipinski definition) is 3. The van der Waals surface area contributed by atoms with Gasteiger partial charge in [-0.2, -0.15) is 0 Å². The Labute approximate surface area is 114 Å². The molecule has 102 valence electrons. The zero-order valence-corrected chi connectivity index (χ0v) is 11.5. The molecule has 0 aliphatic carbocycles. The van der Waals surface area contributed by atoms with Crippen LogP contribution in [0, 0.1) is 17.8 Å². The second kappa shape index (κ2) is 6.10. The number of likely N-dealkylation sites (tertiary alicyclic amines) is 1. The van der Waals surface area contributed by atoms with Crippen molar-refractivity contribution in [2.24, 2.45) is 5.92 Å². The normalized spacial score (nSPS) is 27.6. The second-order valence-corrected chi connectivity index (χ2v) is 5.41. The van der Waals surface area contributed by atoms with Crippen molar-refractivity contribution in [2.75, 3.05) is 13.1 Å². The van der Waals surface area contributed by atoms with E-state index in [-0.39, 0.29) is 11.9 Å². The summed E-state index contributed by atoms with van der Waals surface area (Å²) < 4.78 is 0. The summed E-state index contributed by atoms with van der Waals surface area (Å²) >= 11 is 0. The van der Waals surface area contributed by atoms with Crippen molar-refractivity contribution in [3.8, 4) is 17.6 Å². The summed E-state index contributed by atoms with van der Waals surface area (Å²) in [6.45, 7) is 5.83. The van der Waals surface area contributed by atoms with E-state index in [0.717, 1.165) is 25.1 Å². The Bertz CT molecular complexity index is 472. The monoisotopic (exact) mass is 259 g/mol. The molecule has 0 radical (unpaired) electrons. The largest absolute Gasteiger partial charge is 0.508 e. The first-order valence-electron chi connectivity index (χ1n) is 6.76. The summed E-state index contributed by atoms with van der Waals surface area (Å²) in [5.41, 5.74) is 0.913. The van der Waals surface area contributed by atoms with E-state index >= 15 is 0 Å². The van der Waals surface area contributed by atoms with Gasteiger partial charge in [0.1, 0.15) is 5.75 Å². The Balaban J connectivity index is 1.93. The van der Waals surface area contributed by atoms with Crippen LogP contribution in [0.3, 0.4) is 0 Å². The third-order valence-electron chi connectivity index (χ3n) is 3.77. The first kappa shape index (κ1) is 13.9. The van der Waals surface area contributed by atoms with Gasteiger partial charge in [0.2, 0.25) is 0 Å². The van der Waals surface area contributed by atoms with Crippen LogP contribution in [0.4, 0.5) is 0 Å². The van der Waals surface area contributed by atoms with Gasteiger partial charge < -0.3 is 10.2 Å². The number of benzene rings is 1. The van der Waals surface area contributed by atoms with E-state index in [1.54, 1.807) is 12.1 Å². The molecular formula is C16H21NO2. The number of phenols is 1. The van der Waals surface area contributed by atoms with Crippen molar-refractivity contribution in [1.29, 1.82) is 0 Å². The lowest BCUT2D eigenvalue weighted by atomic mass is 9.92. The van der Waals surface area contributed by atoms with Gasteiger partial charge in [-0.25, -0.2) is 0 Å². The topological polar surface area (TPSA) is 43.7 Å². The minimum atomic E-state index is -0.184. The predicted octanol–water partition coefficient (Wildman–Crippen LogP) is 1.83. The van der Waals surface area contributed by atoms with Crippen LogP contribution in [-0.2, 0) is 0 Å². The third-order valence-corrected chi connectivity index (χ3v) is 3.77. The zero-order chi connectivity index (χ0) is 13.8. The predicted molar refractivity (Wildman–Crippen MR) is 75.8 cm³/mol. The van der Waals surface area contributed by atoms with Crippen LogP contribution in [-0.4, -0.2) is 40.3 Å². The smallest absolute Gasteiger partial charge is 0.115 e. The SMILES string of the molecule is CC1CN(CC#Cc2ccc(O)cc2)C(C)CC1O. The molecule has 3 atom stereocenters. The zero-order valence-electron chi connectivity index (χ0n) is 11.5. The summed E-state index contributed by atoms with van der Waals surface area (Å²) in [6, 6.07) is 7.29. The van der Waals surface area contributed by atoms with E-state index in [1.165, 1.54) is 0 Å².